The third kappa shape index (κ3) is 2.52. The van der Waals surface area contributed by atoms with Crippen molar-refractivity contribution in [2.24, 2.45) is 7.05 Å². The normalized spacial score (nSPS) is 11.0. The monoisotopic (exact) mass is 322 g/mol. The number of aryl methyl sites for hydroxylation is 2. The summed E-state index contributed by atoms with van der Waals surface area (Å²) in [5, 5.41) is 23.9. The number of benzene rings is 1. The molecular formula is C17H18N6O. The molecule has 0 saturated carbocycles. The molecule has 1 aromatic carbocycles. The third-order valence-electron chi connectivity index (χ3n) is 4.06. The highest BCUT2D eigenvalue weighted by atomic mass is 16.2. The Morgan fingerprint density at radius 1 is 1.42 bits per heavy atom. The fourth-order valence-electron chi connectivity index (χ4n) is 2.71. The van der Waals surface area contributed by atoms with Crippen LogP contribution in [0.4, 0.5) is 5.82 Å². The van der Waals surface area contributed by atoms with E-state index in [0.29, 0.717) is 22.6 Å². The highest BCUT2D eigenvalue weighted by molar-refractivity contribution is 6.08. The summed E-state index contributed by atoms with van der Waals surface area (Å²) >= 11 is 0. The van der Waals surface area contributed by atoms with Crippen LogP contribution in [-0.2, 0) is 7.05 Å². The van der Waals surface area contributed by atoms with Crippen LogP contribution < -0.4 is 5.32 Å². The Labute approximate surface area is 139 Å². The van der Waals surface area contributed by atoms with Crippen molar-refractivity contribution in [3.05, 3.63) is 40.7 Å². The third-order valence-corrected chi connectivity index (χ3v) is 4.06. The molecule has 122 valence electrons. The highest BCUT2D eigenvalue weighted by Crippen LogP contribution is 2.25. The number of anilines is 1. The quantitative estimate of drug-likeness (QED) is 0.774. The van der Waals surface area contributed by atoms with Crippen molar-refractivity contribution in [3.63, 3.8) is 0 Å². The van der Waals surface area contributed by atoms with Crippen molar-refractivity contribution in [1.29, 1.82) is 5.26 Å². The van der Waals surface area contributed by atoms with Gasteiger partial charge in [-0.05, 0) is 30.5 Å². The van der Waals surface area contributed by atoms with E-state index in [1.165, 1.54) is 0 Å². The minimum Gasteiger partial charge on any atom is -0.303 e. The minimum absolute atomic E-state index is 0.191. The zero-order valence-electron chi connectivity index (χ0n) is 14.0. The summed E-state index contributed by atoms with van der Waals surface area (Å²) in [4.78, 5) is 12.7. The zero-order chi connectivity index (χ0) is 17.4. The summed E-state index contributed by atoms with van der Waals surface area (Å²) in [6.45, 7) is 5.89. The van der Waals surface area contributed by atoms with Crippen LogP contribution in [0.25, 0.3) is 10.9 Å². The fraction of sp³-hybridized carbons (Fsp3) is 0.294. The second kappa shape index (κ2) is 5.81. The first-order valence-electron chi connectivity index (χ1n) is 7.64. The van der Waals surface area contributed by atoms with E-state index in [-0.39, 0.29) is 11.8 Å². The molecule has 1 amide bonds. The predicted octanol–water partition coefficient (Wildman–Crippen LogP) is 2.85. The molecule has 3 rings (SSSR count). The molecule has 2 aromatic heterocycles. The Morgan fingerprint density at radius 3 is 2.83 bits per heavy atom. The standard InChI is InChI=1S/C17H18N6O/c1-9(2)13-8-19-23(4)15(13)17(24)20-16-12-5-10(3)11(7-18)6-14(12)21-22-16/h5-6,8-9H,1-4H3,(H2,20,21,22,24). The van der Waals surface area contributed by atoms with E-state index in [4.69, 9.17) is 5.26 Å². The van der Waals surface area contributed by atoms with E-state index in [0.717, 1.165) is 16.5 Å². The highest BCUT2D eigenvalue weighted by Gasteiger charge is 2.20. The van der Waals surface area contributed by atoms with Crippen LogP contribution in [0.5, 0.6) is 0 Å². The summed E-state index contributed by atoms with van der Waals surface area (Å²) in [7, 11) is 1.74. The van der Waals surface area contributed by atoms with Crippen molar-refractivity contribution < 1.29 is 4.79 Å². The predicted molar refractivity (Wildman–Crippen MR) is 90.8 cm³/mol. The van der Waals surface area contributed by atoms with E-state index < -0.39 is 0 Å². The van der Waals surface area contributed by atoms with Crippen molar-refractivity contribution in [2.45, 2.75) is 26.7 Å². The molecule has 24 heavy (non-hydrogen) atoms. The van der Waals surface area contributed by atoms with Gasteiger partial charge in [-0.3, -0.25) is 14.6 Å². The summed E-state index contributed by atoms with van der Waals surface area (Å²) in [5.74, 6) is 0.378. The molecule has 0 aliphatic heterocycles. The average Bonchev–Trinajstić information content (AvgIpc) is 3.10. The molecule has 0 unspecified atom stereocenters. The van der Waals surface area contributed by atoms with Crippen LogP contribution in [-0.4, -0.2) is 25.9 Å². The minimum atomic E-state index is -0.255. The van der Waals surface area contributed by atoms with Crippen molar-refractivity contribution >= 4 is 22.6 Å². The number of nitrogens with one attached hydrogen (secondary N) is 2. The van der Waals surface area contributed by atoms with Crippen LogP contribution >= 0.6 is 0 Å². The molecule has 2 heterocycles. The number of nitriles is 1. The van der Waals surface area contributed by atoms with Gasteiger partial charge in [-0.2, -0.15) is 15.5 Å². The first-order chi connectivity index (χ1) is 11.4. The smallest absolute Gasteiger partial charge is 0.275 e. The van der Waals surface area contributed by atoms with Gasteiger partial charge in [0.1, 0.15) is 5.69 Å². The molecule has 0 atom stereocenters. The lowest BCUT2D eigenvalue weighted by atomic mass is 10.0. The van der Waals surface area contributed by atoms with Gasteiger partial charge < -0.3 is 5.32 Å². The lowest BCUT2D eigenvalue weighted by molar-refractivity contribution is 0.101. The second-order valence-corrected chi connectivity index (χ2v) is 6.08. The van der Waals surface area contributed by atoms with Crippen molar-refractivity contribution in [3.8, 4) is 6.07 Å². The van der Waals surface area contributed by atoms with Gasteiger partial charge in [0, 0.05) is 18.0 Å². The maximum Gasteiger partial charge on any atom is 0.275 e. The van der Waals surface area contributed by atoms with Gasteiger partial charge in [-0.1, -0.05) is 13.8 Å². The van der Waals surface area contributed by atoms with Crippen LogP contribution in [0.15, 0.2) is 18.3 Å². The number of aromatic nitrogens is 4. The van der Waals surface area contributed by atoms with Crippen LogP contribution in [0.1, 0.15) is 46.9 Å². The van der Waals surface area contributed by atoms with Crippen LogP contribution in [0.2, 0.25) is 0 Å². The van der Waals surface area contributed by atoms with Gasteiger partial charge in [0.15, 0.2) is 5.82 Å². The summed E-state index contributed by atoms with van der Waals surface area (Å²) in [6, 6.07) is 5.72. The van der Waals surface area contributed by atoms with Gasteiger partial charge in [0.2, 0.25) is 0 Å². The van der Waals surface area contributed by atoms with E-state index in [2.05, 4.69) is 26.7 Å². The van der Waals surface area contributed by atoms with E-state index in [9.17, 15) is 4.79 Å². The first kappa shape index (κ1) is 15.7. The van der Waals surface area contributed by atoms with Crippen molar-refractivity contribution in [1.82, 2.24) is 20.0 Å². The van der Waals surface area contributed by atoms with E-state index in [1.807, 2.05) is 26.8 Å². The molecule has 0 aliphatic rings. The van der Waals surface area contributed by atoms with Crippen molar-refractivity contribution in [2.75, 3.05) is 5.32 Å². The number of hydrogen-bond acceptors (Lipinski definition) is 4. The van der Waals surface area contributed by atoms with Gasteiger partial charge in [0.25, 0.3) is 5.91 Å². The number of aromatic amines is 1. The zero-order valence-corrected chi connectivity index (χ0v) is 14.0. The maximum absolute atomic E-state index is 12.7. The fourth-order valence-corrected chi connectivity index (χ4v) is 2.71. The molecule has 0 spiro atoms. The summed E-state index contributed by atoms with van der Waals surface area (Å²) in [5.41, 5.74) is 3.54. The largest absolute Gasteiger partial charge is 0.303 e. The van der Waals surface area contributed by atoms with E-state index >= 15 is 0 Å². The molecule has 0 saturated heterocycles. The number of hydrogen-bond donors (Lipinski definition) is 2. The molecule has 0 fully saturated rings. The molecular weight excluding hydrogens is 304 g/mol. The Kier molecular flexibility index (Phi) is 3.81. The molecule has 0 bridgehead atoms. The number of carbonyl (C=O) groups excluding carboxylic acids is 1. The second-order valence-electron chi connectivity index (χ2n) is 6.08. The molecule has 0 aliphatic carbocycles. The molecule has 7 heteroatoms. The number of amides is 1. The Morgan fingerprint density at radius 2 is 2.17 bits per heavy atom. The van der Waals surface area contributed by atoms with Gasteiger partial charge in [-0.25, -0.2) is 0 Å². The molecule has 2 N–H and O–H groups in total. The molecule has 7 nitrogen and oxygen atoms in total. The van der Waals surface area contributed by atoms with E-state index in [1.54, 1.807) is 24.0 Å². The average molecular weight is 322 g/mol. The summed E-state index contributed by atoms with van der Waals surface area (Å²) < 4.78 is 1.57. The lowest BCUT2D eigenvalue weighted by Crippen LogP contribution is -2.18. The van der Waals surface area contributed by atoms with Crippen LogP contribution in [0, 0.1) is 18.3 Å². The number of H-pyrrole nitrogens is 1. The van der Waals surface area contributed by atoms with Gasteiger partial charge in [-0.15, -0.1) is 0 Å². The molecule has 3 aromatic rings. The topological polar surface area (TPSA) is 99.4 Å². The number of carbonyl (C=O) groups is 1. The summed E-state index contributed by atoms with van der Waals surface area (Å²) in [6.07, 6.45) is 1.71. The number of fused-ring (bicyclic) bond motifs is 1. The first-order valence-corrected chi connectivity index (χ1v) is 7.64. The number of nitrogens with zero attached hydrogens (tertiary/aromatic N) is 4. The van der Waals surface area contributed by atoms with Gasteiger partial charge >= 0.3 is 0 Å². The Hall–Kier alpha value is -3.14. The number of rotatable bonds is 3. The van der Waals surface area contributed by atoms with Crippen LogP contribution in [0.3, 0.4) is 0 Å². The maximum atomic E-state index is 12.7. The Balaban J connectivity index is 1.99. The Bertz CT molecular complexity index is 973. The SMILES string of the molecule is Cc1cc2c(NC(=O)c3c(C(C)C)cnn3C)n[nH]c2cc1C#N. The van der Waals surface area contributed by atoms with Gasteiger partial charge in [0.05, 0.1) is 23.3 Å². The molecule has 0 radical (unpaired) electrons. The lowest BCUT2D eigenvalue weighted by Gasteiger charge is -2.08.